The molecular formula is C14H17N3O4. The first-order valence-electron chi connectivity index (χ1n) is 6.41. The first-order valence-corrected chi connectivity index (χ1v) is 6.41. The van der Waals surface area contributed by atoms with Crippen LogP contribution in [0.25, 0.3) is 0 Å². The zero-order valence-corrected chi connectivity index (χ0v) is 12.0. The standard InChI is InChI=1S/C14H17N3O4/c1-11(18)12-4-5-13(14(10-12)17(19)20)16(7-3-6-15)8-9-21-2/h4-5,10H,3,7-9H2,1-2H3. The number of hydrogen-bond donors (Lipinski definition) is 0. The van der Waals surface area contributed by atoms with E-state index < -0.39 is 4.92 Å². The summed E-state index contributed by atoms with van der Waals surface area (Å²) >= 11 is 0. The van der Waals surface area contributed by atoms with Crippen molar-refractivity contribution in [3.05, 3.63) is 33.9 Å². The van der Waals surface area contributed by atoms with Gasteiger partial charge in [0, 0.05) is 31.8 Å². The Morgan fingerprint density at radius 2 is 2.19 bits per heavy atom. The Morgan fingerprint density at radius 3 is 2.71 bits per heavy atom. The molecule has 7 nitrogen and oxygen atoms in total. The highest BCUT2D eigenvalue weighted by Gasteiger charge is 2.20. The Morgan fingerprint density at radius 1 is 1.48 bits per heavy atom. The van der Waals surface area contributed by atoms with Gasteiger partial charge in [0.25, 0.3) is 5.69 Å². The van der Waals surface area contributed by atoms with Crippen LogP contribution >= 0.6 is 0 Å². The topological polar surface area (TPSA) is 96.5 Å². The fraction of sp³-hybridized carbons (Fsp3) is 0.429. The number of ketones is 1. The van der Waals surface area contributed by atoms with Crippen molar-refractivity contribution in [2.75, 3.05) is 31.7 Å². The van der Waals surface area contributed by atoms with Crippen LogP contribution in [0.1, 0.15) is 23.7 Å². The molecule has 0 atom stereocenters. The van der Waals surface area contributed by atoms with Gasteiger partial charge in [0.2, 0.25) is 0 Å². The molecule has 0 radical (unpaired) electrons. The van der Waals surface area contributed by atoms with Gasteiger partial charge in [-0.1, -0.05) is 0 Å². The number of rotatable bonds is 8. The molecule has 0 unspecified atom stereocenters. The number of nitro groups is 1. The molecule has 112 valence electrons. The van der Waals surface area contributed by atoms with Crippen LogP contribution in [0, 0.1) is 21.4 Å². The average molecular weight is 291 g/mol. The van der Waals surface area contributed by atoms with E-state index in [1.54, 1.807) is 17.0 Å². The smallest absolute Gasteiger partial charge is 0.293 e. The second-order valence-corrected chi connectivity index (χ2v) is 4.40. The number of nitriles is 1. The van der Waals surface area contributed by atoms with Gasteiger partial charge in [-0.3, -0.25) is 14.9 Å². The number of anilines is 1. The van der Waals surface area contributed by atoms with E-state index in [0.717, 1.165) is 0 Å². The molecule has 0 N–H and O–H groups in total. The molecule has 0 aromatic heterocycles. The van der Waals surface area contributed by atoms with E-state index in [4.69, 9.17) is 10.00 Å². The molecule has 0 amide bonds. The van der Waals surface area contributed by atoms with Gasteiger partial charge in [-0.2, -0.15) is 5.26 Å². The summed E-state index contributed by atoms with van der Waals surface area (Å²) in [5, 5.41) is 19.9. The molecule has 0 spiro atoms. The van der Waals surface area contributed by atoms with Crippen LogP contribution in [0.3, 0.4) is 0 Å². The number of ether oxygens (including phenoxy) is 1. The van der Waals surface area contributed by atoms with E-state index >= 15 is 0 Å². The van der Waals surface area contributed by atoms with Gasteiger partial charge < -0.3 is 9.64 Å². The van der Waals surface area contributed by atoms with Crippen LogP contribution in [-0.2, 0) is 4.74 Å². The zero-order chi connectivity index (χ0) is 15.8. The van der Waals surface area contributed by atoms with Gasteiger partial charge in [0.1, 0.15) is 5.69 Å². The second kappa shape index (κ2) is 7.97. The summed E-state index contributed by atoms with van der Waals surface area (Å²) in [6.45, 7) is 2.53. The van der Waals surface area contributed by atoms with Gasteiger partial charge in [-0.15, -0.1) is 0 Å². The van der Waals surface area contributed by atoms with Crippen molar-refractivity contribution in [3.63, 3.8) is 0 Å². The summed E-state index contributed by atoms with van der Waals surface area (Å²) in [5.41, 5.74) is 0.534. The molecule has 21 heavy (non-hydrogen) atoms. The van der Waals surface area contributed by atoms with Crippen molar-refractivity contribution in [2.24, 2.45) is 0 Å². The minimum atomic E-state index is -0.520. The van der Waals surface area contributed by atoms with Crippen molar-refractivity contribution in [3.8, 4) is 6.07 Å². The molecule has 1 aromatic rings. The second-order valence-electron chi connectivity index (χ2n) is 4.40. The van der Waals surface area contributed by atoms with Gasteiger partial charge in [-0.25, -0.2) is 0 Å². The van der Waals surface area contributed by atoms with Gasteiger partial charge >= 0.3 is 0 Å². The van der Waals surface area contributed by atoms with Crippen LogP contribution in [-0.4, -0.2) is 37.5 Å². The number of carbonyl (C=O) groups is 1. The Bertz CT molecular complexity index is 566. The van der Waals surface area contributed by atoms with Gasteiger partial charge in [0.15, 0.2) is 5.78 Å². The third-order valence-corrected chi connectivity index (χ3v) is 2.98. The zero-order valence-electron chi connectivity index (χ0n) is 12.0. The van der Waals surface area contributed by atoms with Gasteiger partial charge in [0.05, 0.1) is 24.0 Å². The highest BCUT2D eigenvalue weighted by molar-refractivity contribution is 5.95. The van der Waals surface area contributed by atoms with Crippen molar-refractivity contribution < 1.29 is 14.5 Å². The summed E-state index contributed by atoms with van der Waals surface area (Å²) in [5.74, 6) is -0.231. The molecule has 0 bridgehead atoms. The minimum absolute atomic E-state index is 0.142. The Labute approximate surface area is 122 Å². The molecule has 0 saturated heterocycles. The lowest BCUT2D eigenvalue weighted by Crippen LogP contribution is -2.28. The number of Topliss-reactive ketones (excluding diaryl/α,β-unsaturated/α-hetero) is 1. The molecule has 0 fully saturated rings. The molecule has 7 heteroatoms. The summed E-state index contributed by atoms with van der Waals surface area (Å²) in [7, 11) is 1.54. The van der Waals surface area contributed by atoms with Crippen molar-refractivity contribution in [1.82, 2.24) is 0 Å². The number of hydrogen-bond acceptors (Lipinski definition) is 6. The lowest BCUT2D eigenvalue weighted by Gasteiger charge is -2.23. The van der Waals surface area contributed by atoms with E-state index in [1.165, 1.54) is 20.1 Å². The van der Waals surface area contributed by atoms with Crippen LogP contribution in [0.5, 0.6) is 0 Å². The molecular weight excluding hydrogens is 274 g/mol. The molecule has 1 rings (SSSR count). The van der Waals surface area contributed by atoms with E-state index in [2.05, 4.69) is 0 Å². The monoisotopic (exact) mass is 291 g/mol. The first-order chi connectivity index (χ1) is 10.0. The first kappa shape index (κ1) is 16.6. The number of methoxy groups -OCH3 is 1. The maximum atomic E-state index is 11.3. The number of nitrogens with zero attached hydrogens (tertiary/aromatic N) is 3. The minimum Gasteiger partial charge on any atom is -0.383 e. The maximum absolute atomic E-state index is 11.3. The summed E-state index contributed by atoms with van der Waals surface area (Å²) in [6.07, 6.45) is 0.245. The fourth-order valence-electron chi connectivity index (χ4n) is 1.90. The van der Waals surface area contributed by atoms with Crippen LogP contribution in [0.4, 0.5) is 11.4 Å². The average Bonchev–Trinajstić information content (AvgIpc) is 2.46. The lowest BCUT2D eigenvalue weighted by molar-refractivity contribution is -0.384. The predicted molar refractivity (Wildman–Crippen MR) is 77.4 cm³/mol. The molecule has 0 aliphatic heterocycles. The number of carbonyl (C=O) groups excluding carboxylic acids is 1. The van der Waals surface area contributed by atoms with Gasteiger partial charge in [-0.05, 0) is 19.1 Å². The Hall–Kier alpha value is -2.46. The Balaban J connectivity index is 3.19. The quantitative estimate of drug-likeness (QED) is 0.413. The van der Waals surface area contributed by atoms with E-state index in [0.29, 0.717) is 25.4 Å². The normalized spacial score (nSPS) is 9.95. The maximum Gasteiger partial charge on any atom is 0.293 e. The summed E-state index contributed by atoms with van der Waals surface area (Å²) < 4.78 is 4.99. The van der Waals surface area contributed by atoms with Crippen LogP contribution in [0.15, 0.2) is 18.2 Å². The summed E-state index contributed by atoms with van der Waals surface area (Å²) in [6, 6.07) is 6.38. The molecule has 0 heterocycles. The molecule has 0 saturated carbocycles. The fourth-order valence-corrected chi connectivity index (χ4v) is 1.90. The van der Waals surface area contributed by atoms with Crippen molar-refractivity contribution >= 4 is 17.2 Å². The van der Waals surface area contributed by atoms with E-state index in [1.807, 2.05) is 6.07 Å². The number of nitro benzene ring substituents is 1. The van der Waals surface area contributed by atoms with E-state index in [9.17, 15) is 14.9 Å². The number of benzene rings is 1. The molecule has 1 aromatic carbocycles. The molecule has 0 aliphatic rings. The summed E-state index contributed by atoms with van der Waals surface area (Å²) in [4.78, 5) is 23.8. The van der Waals surface area contributed by atoms with Crippen molar-refractivity contribution in [2.45, 2.75) is 13.3 Å². The Kier molecular flexibility index (Phi) is 6.30. The third kappa shape index (κ3) is 4.54. The van der Waals surface area contributed by atoms with Crippen LogP contribution in [0.2, 0.25) is 0 Å². The van der Waals surface area contributed by atoms with Crippen LogP contribution < -0.4 is 4.90 Å². The highest BCUT2D eigenvalue weighted by atomic mass is 16.6. The SMILES string of the molecule is COCCN(CCC#N)c1ccc(C(C)=O)cc1[N+](=O)[O-]. The van der Waals surface area contributed by atoms with E-state index in [-0.39, 0.29) is 23.5 Å². The van der Waals surface area contributed by atoms with Crippen molar-refractivity contribution in [1.29, 1.82) is 5.26 Å². The lowest BCUT2D eigenvalue weighted by atomic mass is 10.1. The molecule has 0 aliphatic carbocycles. The third-order valence-electron chi connectivity index (χ3n) is 2.98. The largest absolute Gasteiger partial charge is 0.383 e. The highest BCUT2D eigenvalue weighted by Crippen LogP contribution is 2.29. The predicted octanol–water partition coefficient (Wildman–Crippen LogP) is 2.16.